The number of amides is 3. The second-order valence-electron chi connectivity index (χ2n) is 9.08. The van der Waals surface area contributed by atoms with Gasteiger partial charge in [0.15, 0.2) is 0 Å². The van der Waals surface area contributed by atoms with Crippen molar-refractivity contribution in [3.63, 3.8) is 0 Å². The minimum absolute atomic E-state index is 0.0620. The molecule has 1 aromatic carbocycles. The fourth-order valence-corrected chi connectivity index (χ4v) is 4.46. The number of alkyl halides is 3. The molecule has 1 fully saturated rings. The number of nitrogens with two attached hydrogens (primary N) is 1. The van der Waals surface area contributed by atoms with Crippen LogP contribution in [0.25, 0.3) is 0 Å². The van der Waals surface area contributed by atoms with E-state index in [1.807, 2.05) is 5.32 Å². The number of rotatable bonds is 6. The number of nitrogens with zero attached hydrogens (tertiary/aromatic N) is 2. The summed E-state index contributed by atoms with van der Waals surface area (Å²) >= 11 is 0. The van der Waals surface area contributed by atoms with Gasteiger partial charge in [0.2, 0.25) is 0 Å². The van der Waals surface area contributed by atoms with E-state index in [0.717, 1.165) is 10.9 Å². The largest absolute Gasteiger partial charge is 0.410 e. The van der Waals surface area contributed by atoms with Crippen molar-refractivity contribution in [3.8, 4) is 0 Å². The summed E-state index contributed by atoms with van der Waals surface area (Å²) in [4.78, 5) is 28.1. The van der Waals surface area contributed by atoms with E-state index in [4.69, 9.17) is 10.5 Å². The van der Waals surface area contributed by atoms with Crippen LogP contribution in [0, 0.1) is 0 Å². The average molecular weight is 445 g/mol. The first-order valence-corrected chi connectivity index (χ1v) is 13.4. The van der Waals surface area contributed by atoms with Gasteiger partial charge in [0, 0.05) is 25.9 Å². The summed E-state index contributed by atoms with van der Waals surface area (Å²) in [6.45, 7) is 7.82. The Kier molecular flexibility index (Phi) is 5.57. The third-order valence-corrected chi connectivity index (χ3v) is 7.26. The molecule has 0 aromatic heterocycles. The van der Waals surface area contributed by atoms with Crippen LogP contribution in [-0.2, 0) is 15.1 Å². The fourth-order valence-electron chi connectivity index (χ4n) is 3.70. The molecular formula is C19H27F3N4O3Si. The average Bonchev–Trinajstić information content (AvgIpc) is 3.10. The first-order valence-electron chi connectivity index (χ1n) is 9.70. The molecule has 30 heavy (non-hydrogen) atoms. The molecule has 1 aromatic rings. The summed E-state index contributed by atoms with van der Waals surface area (Å²) in [6, 6.07) is 2.66. The number of nitrogens with one attached hydrogen (secondary N) is 1. The van der Waals surface area contributed by atoms with Crippen molar-refractivity contribution >= 4 is 31.4 Å². The summed E-state index contributed by atoms with van der Waals surface area (Å²) in [5.41, 5.74) is 5.56. The molecule has 3 rings (SSSR count). The Morgan fingerprint density at radius 2 is 1.97 bits per heavy atom. The van der Waals surface area contributed by atoms with E-state index in [1.54, 1.807) is 18.2 Å². The van der Waals surface area contributed by atoms with Gasteiger partial charge in [-0.05, 0) is 25.1 Å². The molecule has 0 aliphatic carbocycles. The molecule has 3 N–H and O–H groups in total. The molecule has 0 bridgehead atoms. The van der Waals surface area contributed by atoms with Gasteiger partial charge >= 0.3 is 12.2 Å². The molecule has 0 spiro atoms. The molecule has 2 aliphatic heterocycles. The molecule has 166 valence electrons. The van der Waals surface area contributed by atoms with Crippen molar-refractivity contribution in [2.45, 2.75) is 50.4 Å². The number of carbonyl (C=O) groups excluding carboxylic acids is 2. The zero-order chi connectivity index (χ0) is 22.5. The van der Waals surface area contributed by atoms with E-state index in [2.05, 4.69) is 19.6 Å². The smallest absolute Gasteiger partial charge is 0.399 e. The van der Waals surface area contributed by atoms with E-state index >= 15 is 0 Å². The summed E-state index contributed by atoms with van der Waals surface area (Å²) < 4.78 is 45.2. The molecule has 7 nitrogen and oxygen atoms in total. The fraction of sp³-hybridized carbons (Fsp3) is 0.579. The molecular weight excluding hydrogens is 417 g/mol. The minimum Gasteiger partial charge on any atom is -0.399 e. The molecule has 11 heteroatoms. The summed E-state index contributed by atoms with van der Waals surface area (Å²) in [7, 11) is -1.33. The highest BCUT2D eigenvalue weighted by Gasteiger charge is 2.58. The summed E-state index contributed by atoms with van der Waals surface area (Å²) in [5.74, 6) is -0.519. The van der Waals surface area contributed by atoms with Crippen molar-refractivity contribution < 1.29 is 27.5 Å². The lowest BCUT2D eigenvalue weighted by molar-refractivity contribution is -0.152. The van der Waals surface area contributed by atoms with E-state index < -0.39 is 44.3 Å². The molecule has 0 saturated carbocycles. The Morgan fingerprint density at radius 1 is 1.30 bits per heavy atom. The predicted octanol–water partition coefficient (Wildman–Crippen LogP) is 3.10. The quantitative estimate of drug-likeness (QED) is 0.401. The highest BCUT2D eigenvalue weighted by Crippen LogP contribution is 2.46. The van der Waals surface area contributed by atoms with Crippen LogP contribution in [-0.4, -0.2) is 57.0 Å². The second kappa shape index (κ2) is 7.45. The van der Waals surface area contributed by atoms with Gasteiger partial charge in [0.1, 0.15) is 18.3 Å². The Bertz CT molecular complexity index is 858. The molecule has 0 radical (unpaired) electrons. The minimum atomic E-state index is -4.61. The van der Waals surface area contributed by atoms with E-state index in [1.165, 1.54) is 11.8 Å². The summed E-state index contributed by atoms with van der Waals surface area (Å²) in [5, 5.41) is 1.93. The van der Waals surface area contributed by atoms with Crippen LogP contribution < -0.4 is 16.0 Å². The normalized spacial score (nSPS) is 24.4. The Morgan fingerprint density at radius 3 is 2.53 bits per heavy atom. The van der Waals surface area contributed by atoms with Gasteiger partial charge in [-0.25, -0.2) is 4.79 Å². The monoisotopic (exact) mass is 444 g/mol. The van der Waals surface area contributed by atoms with E-state index in [0.29, 0.717) is 23.5 Å². The second-order valence-corrected chi connectivity index (χ2v) is 14.7. The predicted molar refractivity (Wildman–Crippen MR) is 110 cm³/mol. The van der Waals surface area contributed by atoms with Crippen LogP contribution in [0.5, 0.6) is 0 Å². The Hall–Kier alpha value is -2.27. The van der Waals surface area contributed by atoms with Crippen molar-refractivity contribution in [2.75, 3.05) is 30.5 Å². The third kappa shape index (κ3) is 4.00. The first kappa shape index (κ1) is 22.4. The van der Waals surface area contributed by atoms with Crippen LogP contribution in [0.2, 0.25) is 25.7 Å². The Labute approximate surface area is 174 Å². The lowest BCUT2D eigenvalue weighted by Gasteiger charge is -2.33. The topological polar surface area (TPSA) is 87.9 Å². The van der Waals surface area contributed by atoms with Crippen LogP contribution in [0.1, 0.15) is 12.5 Å². The third-order valence-electron chi connectivity index (χ3n) is 5.56. The highest BCUT2D eigenvalue weighted by molar-refractivity contribution is 6.76. The van der Waals surface area contributed by atoms with Gasteiger partial charge in [-0.3, -0.25) is 9.69 Å². The Balaban J connectivity index is 1.89. The van der Waals surface area contributed by atoms with Gasteiger partial charge in [0.25, 0.3) is 5.91 Å². The molecule has 2 aliphatic rings. The number of fused-ring (bicyclic) bond motifs is 1. The highest BCUT2D eigenvalue weighted by atomic mass is 28.3. The van der Waals surface area contributed by atoms with Gasteiger partial charge in [-0.15, -0.1) is 0 Å². The maximum absolute atomic E-state index is 13.4. The number of carbonyl (C=O) groups is 2. The van der Waals surface area contributed by atoms with Crippen LogP contribution in [0.3, 0.4) is 0 Å². The molecule has 2 heterocycles. The standard InChI is InChI=1S/C19H27F3N4O3Si/c1-18(26-10-15(19(20,21)22)24-17(26)28)13-6-5-12(23)9-14(13)25(16(18)27)11-29-7-8-30(2,3)4/h5-6,9,15H,7-8,10-11,23H2,1-4H3,(H,24,28)/t15-,18-/m0/s1. The van der Waals surface area contributed by atoms with Crippen molar-refractivity contribution in [1.29, 1.82) is 0 Å². The van der Waals surface area contributed by atoms with E-state index in [9.17, 15) is 22.8 Å². The van der Waals surface area contributed by atoms with Gasteiger partial charge < -0.3 is 20.7 Å². The van der Waals surface area contributed by atoms with E-state index in [-0.39, 0.29) is 6.73 Å². The van der Waals surface area contributed by atoms with Crippen molar-refractivity contribution in [3.05, 3.63) is 23.8 Å². The van der Waals surface area contributed by atoms with Crippen molar-refractivity contribution in [1.82, 2.24) is 10.2 Å². The number of ether oxygens (including phenoxy) is 1. The van der Waals surface area contributed by atoms with Crippen molar-refractivity contribution in [2.24, 2.45) is 0 Å². The lowest BCUT2D eigenvalue weighted by atomic mass is 9.91. The van der Waals surface area contributed by atoms with Crippen LogP contribution in [0.15, 0.2) is 18.2 Å². The molecule has 0 unspecified atom stereocenters. The number of nitrogen functional groups attached to an aromatic ring is 1. The zero-order valence-corrected chi connectivity index (χ0v) is 18.5. The van der Waals surface area contributed by atoms with Gasteiger partial charge in [-0.1, -0.05) is 25.7 Å². The number of hydrogen-bond donors (Lipinski definition) is 2. The maximum Gasteiger partial charge on any atom is 0.410 e. The zero-order valence-electron chi connectivity index (χ0n) is 17.5. The summed E-state index contributed by atoms with van der Waals surface area (Å²) in [6.07, 6.45) is -4.61. The number of anilines is 2. The number of hydrogen-bond acceptors (Lipinski definition) is 4. The molecule has 2 atom stereocenters. The van der Waals surface area contributed by atoms with Gasteiger partial charge in [0.05, 0.1) is 12.2 Å². The first-order chi connectivity index (χ1) is 13.7. The molecule has 3 amide bonds. The molecule has 1 saturated heterocycles. The maximum atomic E-state index is 13.4. The van der Waals surface area contributed by atoms with Crippen LogP contribution in [0.4, 0.5) is 29.3 Å². The SMILES string of the molecule is C[C@@]1(N2C[C@@H](C(F)(F)F)NC2=O)C(=O)N(COCC[Si](C)(C)C)c2cc(N)ccc21. The number of halogens is 3. The lowest BCUT2D eigenvalue weighted by Crippen LogP contribution is -2.52. The van der Waals surface area contributed by atoms with Crippen LogP contribution >= 0.6 is 0 Å². The van der Waals surface area contributed by atoms with Gasteiger partial charge in [-0.2, -0.15) is 13.2 Å². The number of urea groups is 1. The number of benzene rings is 1.